The molecule has 0 spiro atoms. The summed E-state index contributed by atoms with van der Waals surface area (Å²) in [5, 5.41) is 8.79. The Bertz CT molecular complexity index is 407. The Kier molecular flexibility index (Phi) is 3.69. The van der Waals surface area contributed by atoms with Gasteiger partial charge in [0.1, 0.15) is 24.2 Å². The molecule has 0 aliphatic carbocycles. The van der Waals surface area contributed by atoms with Crippen LogP contribution in [0.15, 0.2) is 18.2 Å². The topological polar surface area (TPSA) is 59.3 Å². The van der Waals surface area contributed by atoms with E-state index >= 15 is 0 Å². The summed E-state index contributed by atoms with van der Waals surface area (Å²) in [7, 11) is 1.52. The number of rotatable bonds is 4. The average molecular weight is 205 g/mol. The first-order valence-corrected chi connectivity index (χ1v) is 4.37. The van der Waals surface area contributed by atoms with E-state index in [4.69, 9.17) is 14.7 Å². The molecule has 0 radical (unpaired) electrons. The summed E-state index contributed by atoms with van der Waals surface area (Å²) in [5.74, 6) is 0.862. The molecule has 15 heavy (non-hydrogen) atoms. The Hall–Kier alpha value is -2.02. The summed E-state index contributed by atoms with van der Waals surface area (Å²) in [6, 6.07) is 6.82. The van der Waals surface area contributed by atoms with Crippen molar-refractivity contribution in [3.63, 3.8) is 0 Å². The van der Waals surface area contributed by atoms with Crippen LogP contribution in [0.2, 0.25) is 0 Å². The summed E-state index contributed by atoms with van der Waals surface area (Å²) < 4.78 is 10.2. The minimum absolute atomic E-state index is 0.0398. The number of hydrogen-bond acceptors (Lipinski definition) is 4. The van der Waals surface area contributed by atoms with E-state index in [1.54, 1.807) is 18.2 Å². The van der Waals surface area contributed by atoms with Gasteiger partial charge in [-0.3, -0.25) is 4.79 Å². The first-order chi connectivity index (χ1) is 7.17. The molecule has 0 saturated carbocycles. The van der Waals surface area contributed by atoms with Crippen LogP contribution in [-0.4, -0.2) is 19.5 Å². The van der Waals surface area contributed by atoms with Gasteiger partial charge in [-0.05, 0) is 19.1 Å². The van der Waals surface area contributed by atoms with Crippen LogP contribution >= 0.6 is 0 Å². The van der Waals surface area contributed by atoms with Crippen molar-refractivity contribution in [1.29, 1.82) is 5.26 Å². The summed E-state index contributed by atoms with van der Waals surface area (Å²) in [5.41, 5.74) is 0.386. The number of hydrogen-bond donors (Lipinski definition) is 0. The SMILES string of the molecule is COc1ccc(C#N)c(OCC(C)=O)c1. The smallest absolute Gasteiger partial charge is 0.167 e. The zero-order valence-corrected chi connectivity index (χ0v) is 8.61. The van der Waals surface area contributed by atoms with E-state index in [2.05, 4.69) is 0 Å². The molecule has 0 aliphatic rings. The summed E-state index contributed by atoms with van der Waals surface area (Å²) in [6.07, 6.45) is 0. The number of carbonyl (C=O) groups excluding carboxylic acids is 1. The van der Waals surface area contributed by atoms with Crippen molar-refractivity contribution < 1.29 is 14.3 Å². The predicted octanol–water partition coefficient (Wildman–Crippen LogP) is 1.53. The number of ketones is 1. The van der Waals surface area contributed by atoms with Crippen LogP contribution in [-0.2, 0) is 4.79 Å². The minimum atomic E-state index is -0.0956. The van der Waals surface area contributed by atoms with Crippen LogP contribution in [0.4, 0.5) is 0 Å². The highest BCUT2D eigenvalue weighted by Gasteiger charge is 2.06. The molecule has 1 aromatic carbocycles. The van der Waals surface area contributed by atoms with E-state index in [-0.39, 0.29) is 12.4 Å². The number of benzene rings is 1. The molecule has 0 N–H and O–H groups in total. The van der Waals surface area contributed by atoms with E-state index in [1.165, 1.54) is 14.0 Å². The average Bonchev–Trinajstić information content (AvgIpc) is 2.25. The van der Waals surface area contributed by atoms with E-state index in [0.717, 1.165) is 0 Å². The molecule has 0 heterocycles. The highest BCUT2D eigenvalue weighted by atomic mass is 16.5. The molecule has 0 amide bonds. The maximum Gasteiger partial charge on any atom is 0.167 e. The molecular formula is C11H11NO3. The van der Waals surface area contributed by atoms with Crippen LogP contribution < -0.4 is 9.47 Å². The van der Waals surface area contributed by atoms with Gasteiger partial charge in [0.25, 0.3) is 0 Å². The second kappa shape index (κ2) is 5.01. The Morgan fingerprint density at radius 2 is 2.27 bits per heavy atom. The van der Waals surface area contributed by atoms with E-state index in [9.17, 15) is 4.79 Å². The molecule has 1 aromatic rings. The van der Waals surface area contributed by atoms with Gasteiger partial charge in [0, 0.05) is 6.07 Å². The molecule has 0 aliphatic heterocycles. The largest absolute Gasteiger partial charge is 0.497 e. The Morgan fingerprint density at radius 3 is 2.80 bits per heavy atom. The lowest BCUT2D eigenvalue weighted by atomic mass is 10.2. The zero-order valence-electron chi connectivity index (χ0n) is 8.61. The fraction of sp³-hybridized carbons (Fsp3) is 0.273. The monoisotopic (exact) mass is 205 g/mol. The summed E-state index contributed by atoms with van der Waals surface area (Å²) >= 11 is 0. The Labute approximate surface area is 88.0 Å². The summed E-state index contributed by atoms with van der Waals surface area (Å²) in [4.78, 5) is 10.7. The molecule has 0 fully saturated rings. The van der Waals surface area contributed by atoms with Crippen molar-refractivity contribution in [2.75, 3.05) is 13.7 Å². The highest BCUT2D eigenvalue weighted by molar-refractivity contribution is 5.77. The van der Waals surface area contributed by atoms with E-state index < -0.39 is 0 Å². The number of nitriles is 1. The summed E-state index contributed by atoms with van der Waals surface area (Å²) in [6.45, 7) is 1.38. The number of methoxy groups -OCH3 is 1. The van der Waals surface area contributed by atoms with Crippen molar-refractivity contribution in [2.45, 2.75) is 6.92 Å². The van der Waals surface area contributed by atoms with E-state index in [1.807, 2.05) is 6.07 Å². The molecule has 78 valence electrons. The van der Waals surface area contributed by atoms with Crippen molar-refractivity contribution in [2.24, 2.45) is 0 Å². The first-order valence-electron chi connectivity index (χ1n) is 4.37. The molecule has 4 heteroatoms. The van der Waals surface area contributed by atoms with Crippen molar-refractivity contribution in [1.82, 2.24) is 0 Å². The van der Waals surface area contributed by atoms with Crippen LogP contribution in [0.1, 0.15) is 12.5 Å². The quantitative estimate of drug-likeness (QED) is 0.748. The molecule has 0 saturated heterocycles. The molecule has 0 atom stereocenters. The second-order valence-corrected chi connectivity index (χ2v) is 2.96. The molecular weight excluding hydrogens is 194 g/mol. The molecule has 4 nitrogen and oxygen atoms in total. The van der Waals surface area contributed by atoms with Crippen molar-refractivity contribution in [3.05, 3.63) is 23.8 Å². The van der Waals surface area contributed by atoms with Gasteiger partial charge in [-0.25, -0.2) is 0 Å². The minimum Gasteiger partial charge on any atom is -0.497 e. The van der Waals surface area contributed by atoms with Crippen LogP contribution in [0.25, 0.3) is 0 Å². The van der Waals surface area contributed by atoms with Gasteiger partial charge in [0.15, 0.2) is 5.78 Å². The lowest BCUT2D eigenvalue weighted by Gasteiger charge is -2.07. The maximum atomic E-state index is 10.7. The third-order valence-electron chi connectivity index (χ3n) is 1.74. The lowest BCUT2D eigenvalue weighted by Crippen LogP contribution is -2.07. The van der Waals surface area contributed by atoms with Gasteiger partial charge >= 0.3 is 0 Å². The number of carbonyl (C=O) groups is 1. The number of Topliss-reactive ketones (excluding diaryl/α,β-unsaturated/α-hetero) is 1. The highest BCUT2D eigenvalue weighted by Crippen LogP contribution is 2.23. The van der Waals surface area contributed by atoms with Crippen molar-refractivity contribution in [3.8, 4) is 17.6 Å². The molecule has 0 bridgehead atoms. The van der Waals surface area contributed by atoms with Gasteiger partial charge in [0.2, 0.25) is 0 Å². The van der Waals surface area contributed by atoms with Crippen LogP contribution in [0.3, 0.4) is 0 Å². The molecule has 0 unspecified atom stereocenters. The van der Waals surface area contributed by atoms with Gasteiger partial charge in [-0.1, -0.05) is 0 Å². The Balaban J connectivity index is 2.92. The predicted molar refractivity (Wildman–Crippen MR) is 53.9 cm³/mol. The van der Waals surface area contributed by atoms with Gasteiger partial charge in [-0.2, -0.15) is 5.26 Å². The molecule has 0 aromatic heterocycles. The van der Waals surface area contributed by atoms with Crippen molar-refractivity contribution >= 4 is 5.78 Å². The van der Waals surface area contributed by atoms with Gasteiger partial charge in [0.05, 0.1) is 12.7 Å². The fourth-order valence-corrected chi connectivity index (χ4v) is 1.02. The lowest BCUT2D eigenvalue weighted by molar-refractivity contribution is -0.118. The number of nitrogens with zero attached hydrogens (tertiary/aromatic N) is 1. The third kappa shape index (κ3) is 2.99. The third-order valence-corrected chi connectivity index (χ3v) is 1.74. The van der Waals surface area contributed by atoms with Crippen LogP contribution in [0.5, 0.6) is 11.5 Å². The van der Waals surface area contributed by atoms with Gasteiger partial charge < -0.3 is 9.47 Å². The fourth-order valence-electron chi connectivity index (χ4n) is 1.02. The zero-order chi connectivity index (χ0) is 11.3. The number of ether oxygens (including phenoxy) is 2. The maximum absolute atomic E-state index is 10.7. The van der Waals surface area contributed by atoms with E-state index in [0.29, 0.717) is 17.1 Å². The van der Waals surface area contributed by atoms with Crippen LogP contribution in [0, 0.1) is 11.3 Å². The Morgan fingerprint density at radius 1 is 1.53 bits per heavy atom. The normalized spacial score (nSPS) is 9.13. The molecule has 1 rings (SSSR count). The second-order valence-electron chi connectivity index (χ2n) is 2.96. The standard InChI is InChI=1S/C11H11NO3/c1-8(13)7-15-11-5-10(14-2)4-3-9(11)6-12/h3-5H,7H2,1-2H3. The first kappa shape index (κ1) is 11.1. The van der Waals surface area contributed by atoms with Gasteiger partial charge in [-0.15, -0.1) is 0 Å².